The van der Waals surface area contributed by atoms with Crippen LogP contribution in [0.4, 0.5) is 13.2 Å². The van der Waals surface area contributed by atoms with Gasteiger partial charge in [0.1, 0.15) is 10.6 Å². The van der Waals surface area contributed by atoms with Crippen molar-refractivity contribution in [2.75, 3.05) is 0 Å². The number of hydrazine groups is 1. The molecule has 0 fully saturated rings. The highest BCUT2D eigenvalue weighted by Gasteiger charge is 2.32. The summed E-state index contributed by atoms with van der Waals surface area (Å²) in [5.74, 6) is -1.15. The minimum Gasteiger partial charge on any atom is -0.508 e. The quantitative estimate of drug-likeness (QED) is 0.695. The normalized spacial score (nSPS) is 12.0. The van der Waals surface area contributed by atoms with Gasteiger partial charge < -0.3 is 5.11 Å². The highest BCUT2D eigenvalue weighted by molar-refractivity contribution is 7.89. The zero-order chi connectivity index (χ0) is 18.8. The maximum Gasteiger partial charge on any atom is 0.416 e. The predicted octanol–water partition coefficient (Wildman–Crippen LogP) is 2.69. The van der Waals surface area contributed by atoms with Gasteiger partial charge in [0.2, 0.25) is 0 Å². The van der Waals surface area contributed by atoms with Crippen molar-refractivity contribution in [3.63, 3.8) is 0 Å². The fourth-order valence-electron chi connectivity index (χ4n) is 1.77. The van der Waals surface area contributed by atoms with E-state index in [1.165, 1.54) is 18.2 Å². The van der Waals surface area contributed by atoms with Crippen molar-refractivity contribution >= 4 is 27.5 Å². The third-order valence-corrected chi connectivity index (χ3v) is 4.68. The molecule has 2 aromatic carbocycles. The lowest BCUT2D eigenvalue weighted by molar-refractivity contribution is -0.137. The maximum absolute atomic E-state index is 12.7. The van der Waals surface area contributed by atoms with E-state index in [9.17, 15) is 31.5 Å². The SMILES string of the molecule is O=C(NNS(=O)(=O)c1cc(C(F)(F)F)ccc1Cl)c1cccc(O)c1. The molecule has 134 valence electrons. The van der Waals surface area contributed by atoms with Crippen LogP contribution in [0.5, 0.6) is 5.75 Å². The van der Waals surface area contributed by atoms with E-state index in [1.807, 2.05) is 5.43 Å². The van der Waals surface area contributed by atoms with E-state index in [4.69, 9.17) is 11.6 Å². The van der Waals surface area contributed by atoms with Crippen LogP contribution in [0.15, 0.2) is 47.4 Å². The third-order valence-electron chi connectivity index (χ3n) is 2.96. The van der Waals surface area contributed by atoms with E-state index in [0.29, 0.717) is 12.1 Å². The van der Waals surface area contributed by atoms with Crippen molar-refractivity contribution in [2.45, 2.75) is 11.1 Å². The lowest BCUT2D eigenvalue weighted by Gasteiger charge is -2.12. The first-order valence-corrected chi connectivity index (χ1v) is 8.35. The second-order valence-electron chi connectivity index (χ2n) is 4.75. The van der Waals surface area contributed by atoms with Gasteiger partial charge in [0.15, 0.2) is 0 Å². The molecule has 0 aliphatic carbocycles. The van der Waals surface area contributed by atoms with Crippen LogP contribution in [-0.2, 0) is 16.2 Å². The minimum atomic E-state index is -4.76. The lowest BCUT2D eigenvalue weighted by Crippen LogP contribution is -2.41. The summed E-state index contributed by atoms with van der Waals surface area (Å²) in [6, 6.07) is 6.78. The monoisotopic (exact) mass is 394 g/mol. The van der Waals surface area contributed by atoms with E-state index in [-0.39, 0.29) is 11.3 Å². The number of amides is 1. The van der Waals surface area contributed by atoms with Crippen molar-refractivity contribution in [1.29, 1.82) is 0 Å². The molecule has 2 rings (SSSR count). The number of hydrogen-bond acceptors (Lipinski definition) is 4. The summed E-state index contributed by atoms with van der Waals surface area (Å²) in [5.41, 5.74) is 0.540. The summed E-state index contributed by atoms with van der Waals surface area (Å²) in [6.07, 6.45) is -4.76. The van der Waals surface area contributed by atoms with E-state index in [1.54, 1.807) is 4.83 Å². The number of alkyl halides is 3. The lowest BCUT2D eigenvalue weighted by atomic mass is 10.2. The Bertz CT molecular complexity index is 917. The second kappa shape index (κ2) is 6.90. The number of phenolic OH excluding ortho intramolecular Hbond substituents is 1. The van der Waals surface area contributed by atoms with Crippen LogP contribution < -0.4 is 10.3 Å². The number of aromatic hydroxyl groups is 1. The molecule has 0 bridgehead atoms. The number of benzene rings is 2. The molecule has 2 aromatic rings. The number of carbonyl (C=O) groups is 1. The molecule has 0 aliphatic rings. The van der Waals surface area contributed by atoms with E-state index in [2.05, 4.69) is 0 Å². The fourth-order valence-corrected chi connectivity index (χ4v) is 3.14. The van der Waals surface area contributed by atoms with Crippen molar-refractivity contribution in [3.8, 4) is 5.75 Å². The summed E-state index contributed by atoms with van der Waals surface area (Å²) in [5, 5.41) is 8.82. The van der Waals surface area contributed by atoms with Crippen LogP contribution in [0.3, 0.4) is 0 Å². The summed E-state index contributed by atoms with van der Waals surface area (Å²) >= 11 is 5.65. The van der Waals surface area contributed by atoms with Gasteiger partial charge in [-0.2, -0.15) is 13.2 Å². The smallest absolute Gasteiger partial charge is 0.416 e. The number of sulfonamides is 1. The summed E-state index contributed by atoms with van der Waals surface area (Å²) in [4.78, 5) is 12.6. The Morgan fingerprint density at radius 3 is 2.40 bits per heavy atom. The molecule has 0 unspecified atom stereocenters. The molecule has 0 atom stereocenters. The van der Waals surface area contributed by atoms with E-state index >= 15 is 0 Å². The summed E-state index contributed by atoms with van der Waals surface area (Å²) in [6.45, 7) is 0. The maximum atomic E-state index is 12.7. The zero-order valence-corrected chi connectivity index (χ0v) is 13.7. The first-order chi connectivity index (χ1) is 11.5. The van der Waals surface area contributed by atoms with E-state index < -0.39 is 37.6 Å². The van der Waals surface area contributed by atoms with Crippen molar-refractivity contribution in [2.24, 2.45) is 0 Å². The van der Waals surface area contributed by atoms with Crippen LogP contribution in [0.1, 0.15) is 15.9 Å². The molecule has 0 aliphatic heterocycles. The Hall–Kier alpha value is -2.30. The van der Waals surface area contributed by atoms with Crippen LogP contribution >= 0.6 is 11.6 Å². The molecule has 0 saturated carbocycles. The number of rotatable bonds is 4. The number of carbonyl (C=O) groups excluding carboxylic acids is 1. The molecule has 3 N–H and O–H groups in total. The van der Waals surface area contributed by atoms with Gasteiger partial charge in [-0.25, -0.2) is 8.42 Å². The molecule has 0 heterocycles. The second-order valence-corrected chi connectivity index (χ2v) is 6.81. The van der Waals surface area contributed by atoms with E-state index in [0.717, 1.165) is 12.1 Å². The van der Waals surface area contributed by atoms with Crippen LogP contribution in [0.2, 0.25) is 5.02 Å². The molecule has 1 amide bonds. The molecule has 6 nitrogen and oxygen atoms in total. The van der Waals surface area contributed by atoms with Gasteiger partial charge in [-0.05, 0) is 36.4 Å². The molecule has 0 radical (unpaired) electrons. The first-order valence-electron chi connectivity index (χ1n) is 6.48. The van der Waals surface area contributed by atoms with Gasteiger partial charge in [0.25, 0.3) is 15.9 Å². The topological polar surface area (TPSA) is 95.5 Å². The number of phenols is 1. The highest BCUT2D eigenvalue weighted by Crippen LogP contribution is 2.33. The Balaban J connectivity index is 2.23. The van der Waals surface area contributed by atoms with Crippen molar-refractivity contribution < 1.29 is 31.5 Å². The Morgan fingerprint density at radius 1 is 1.12 bits per heavy atom. The van der Waals surface area contributed by atoms with Crippen molar-refractivity contribution in [1.82, 2.24) is 10.3 Å². The van der Waals surface area contributed by atoms with Gasteiger partial charge in [-0.3, -0.25) is 10.2 Å². The number of halogens is 4. The molecule has 11 heteroatoms. The number of hydrogen-bond donors (Lipinski definition) is 3. The van der Waals surface area contributed by atoms with Crippen LogP contribution in [-0.4, -0.2) is 19.4 Å². The highest BCUT2D eigenvalue weighted by atomic mass is 35.5. The average molecular weight is 395 g/mol. The Labute approximate surface area is 145 Å². The largest absolute Gasteiger partial charge is 0.508 e. The predicted molar refractivity (Wildman–Crippen MR) is 82.3 cm³/mol. The minimum absolute atomic E-state index is 0.0714. The Kier molecular flexibility index (Phi) is 5.26. The molecule has 0 saturated heterocycles. The van der Waals surface area contributed by atoms with Gasteiger partial charge >= 0.3 is 6.18 Å². The zero-order valence-electron chi connectivity index (χ0n) is 12.1. The molecule has 25 heavy (non-hydrogen) atoms. The first kappa shape index (κ1) is 19.0. The Morgan fingerprint density at radius 2 is 1.80 bits per heavy atom. The summed E-state index contributed by atoms with van der Waals surface area (Å²) in [7, 11) is -4.56. The molecular formula is C14H10ClF3N2O4S. The standard InChI is InChI=1S/C14H10ClF3N2O4S/c15-11-5-4-9(14(16,17)18)7-12(11)25(23,24)20-19-13(22)8-2-1-3-10(21)6-8/h1-7,20-21H,(H,19,22). The fraction of sp³-hybridized carbons (Fsp3) is 0.0714. The average Bonchev–Trinajstić information content (AvgIpc) is 2.51. The van der Waals surface area contributed by atoms with Crippen LogP contribution in [0.25, 0.3) is 0 Å². The third kappa shape index (κ3) is 4.62. The van der Waals surface area contributed by atoms with Gasteiger partial charge in [-0.15, -0.1) is 4.83 Å². The van der Waals surface area contributed by atoms with Gasteiger partial charge in [-0.1, -0.05) is 17.7 Å². The van der Waals surface area contributed by atoms with Gasteiger partial charge in [0.05, 0.1) is 10.6 Å². The van der Waals surface area contributed by atoms with Gasteiger partial charge in [0, 0.05) is 5.56 Å². The van der Waals surface area contributed by atoms with Crippen molar-refractivity contribution in [3.05, 3.63) is 58.6 Å². The summed E-state index contributed by atoms with van der Waals surface area (Å²) < 4.78 is 62.3. The molecule has 0 aromatic heterocycles. The molecule has 0 spiro atoms. The number of nitrogens with one attached hydrogen (secondary N) is 2. The van der Waals surface area contributed by atoms with Crippen LogP contribution in [0, 0.1) is 0 Å². The molecular weight excluding hydrogens is 385 g/mol.